The van der Waals surface area contributed by atoms with Crippen molar-refractivity contribution in [3.05, 3.63) is 27.2 Å². The first kappa shape index (κ1) is 42.9. The van der Waals surface area contributed by atoms with Crippen molar-refractivity contribution in [2.75, 3.05) is 28.4 Å². The topological polar surface area (TPSA) is 124 Å². The molecule has 0 N–H and O–H groups in total. The van der Waals surface area contributed by atoms with Crippen molar-refractivity contribution in [2.45, 2.75) is 191 Å². The van der Waals surface area contributed by atoms with E-state index in [2.05, 4.69) is 38.8 Å². The maximum atomic E-state index is 15.1. The minimum absolute atomic E-state index is 0.0277. The van der Waals surface area contributed by atoms with E-state index in [1.54, 1.807) is 32.7 Å². The molecule has 324 valence electrons. The summed E-state index contributed by atoms with van der Waals surface area (Å²) in [4.78, 5) is 37.9. The Bertz CT molecular complexity index is 1650. The van der Waals surface area contributed by atoms with E-state index in [0.717, 1.165) is 61.2 Å². The SMILES string of the molecule is CC[C@H]1CCC[C@H](O[C@H]2CC[C@H](N(C)C3CC3)C(C)O2)[C@@H](C)C(=O)C2=C[C@H]3[C@@H]4C[C@H](O[C@@H]5OC(C)[C@H](OC)C(OC)[C@@H]5OC)C[C@H]4c4sc(C)nc4[C@H]3[C@@H]2CC(=O)O1. The first-order valence-electron chi connectivity index (χ1n) is 22.3. The third-order valence-corrected chi connectivity index (χ3v) is 16.1. The summed E-state index contributed by atoms with van der Waals surface area (Å²) in [5, 5.41) is 1.00. The zero-order valence-corrected chi connectivity index (χ0v) is 36.9. The number of carbonyl (C=O) groups is 2. The van der Waals surface area contributed by atoms with Gasteiger partial charge in [-0.1, -0.05) is 19.9 Å². The maximum absolute atomic E-state index is 15.1. The number of nitrogens with zero attached hydrogens (tertiary/aromatic N) is 2. The lowest BCUT2D eigenvalue weighted by Gasteiger charge is -2.44. The van der Waals surface area contributed by atoms with Gasteiger partial charge in [-0.15, -0.1) is 11.3 Å². The van der Waals surface area contributed by atoms with Gasteiger partial charge in [-0.05, 0) is 109 Å². The van der Waals surface area contributed by atoms with Crippen LogP contribution in [0.25, 0.3) is 0 Å². The molecule has 4 heterocycles. The number of fused-ring (bicyclic) bond motifs is 8. The second-order valence-electron chi connectivity index (χ2n) is 18.4. The molecule has 3 unspecified atom stereocenters. The Morgan fingerprint density at radius 1 is 0.879 bits per heavy atom. The number of likely N-dealkylation sites (N-methyl/N-ethyl adjacent to an activating group) is 1. The number of aromatic nitrogens is 1. The average molecular weight is 829 g/mol. The molecular formula is C45H68N2O10S. The van der Waals surface area contributed by atoms with Crippen LogP contribution in [-0.2, 0) is 47.5 Å². The van der Waals surface area contributed by atoms with Crippen molar-refractivity contribution in [3.8, 4) is 0 Å². The Morgan fingerprint density at radius 2 is 1.64 bits per heavy atom. The van der Waals surface area contributed by atoms with Gasteiger partial charge in [0.25, 0.3) is 0 Å². The quantitative estimate of drug-likeness (QED) is 0.229. The third-order valence-electron chi connectivity index (χ3n) is 15.0. The Morgan fingerprint density at radius 3 is 2.33 bits per heavy atom. The summed E-state index contributed by atoms with van der Waals surface area (Å²) in [7, 11) is 7.22. The van der Waals surface area contributed by atoms with Crippen molar-refractivity contribution in [3.63, 3.8) is 0 Å². The molecule has 3 aliphatic heterocycles. The number of esters is 1. The molecule has 5 fully saturated rings. The van der Waals surface area contributed by atoms with Crippen molar-refractivity contribution in [2.24, 2.45) is 23.7 Å². The lowest BCUT2D eigenvalue weighted by Crippen LogP contribution is -2.59. The fourth-order valence-electron chi connectivity index (χ4n) is 11.8. The number of thiazole rings is 1. The van der Waals surface area contributed by atoms with E-state index in [0.29, 0.717) is 18.5 Å². The number of allylic oxidation sites excluding steroid dienone is 2. The van der Waals surface area contributed by atoms with Gasteiger partial charge in [0.15, 0.2) is 18.4 Å². The van der Waals surface area contributed by atoms with Crippen LogP contribution in [0.15, 0.2) is 11.6 Å². The molecule has 0 amide bonds. The number of hydrogen-bond acceptors (Lipinski definition) is 13. The van der Waals surface area contributed by atoms with E-state index in [1.165, 1.54) is 17.7 Å². The summed E-state index contributed by atoms with van der Waals surface area (Å²) >= 11 is 1.75. The van der Waals surface area contributed by atoms with Gasteiger partial charge in [-0.3, -0.25) is 14.5 Å². The van der Waals surface area contributed by atoms with E-state index in [-0.39, 0.29) is 96.8 Å². The van der Waals surface area contributed by atoms with Crippen LogP contribution in [0.5, 0.6) is 0 Å². The van der Waals surface area contributed by atoms with E-state index < -0.39 is 18.3 Å². The largest absolute Gasteiger partial charge is 0.462 e. The van der Waals surface area contributed by atoms with Gasteiger partial charge in [0.05, 0.1) is 41.5 Å². The molecule has 0 spiro atoms. The average Bonchev–Trinajstić information content (AvgIpc) is 3.70. The van der Waals surface area contributed by atoms with Gasteiger partial charge >= 0.3 is 5.97 Å². The molecular weight excluding hydrogens is 761 g/mol. The van der Waals surface area contributed by atoms with Gasteiger partial charge in [-0.25, -0.2) is 4.98 Å². The number of carbonyl (C=O) groups excluding carboxylic acids is 2. The Balaban J connectivity index is 1.06. The molecule has 1 aromatic rings. The van der Waals surface area contributed by atoms with Crippen LogP contribution in [-0.4, -0.2) is 124 Å². The minimum Gasteiger partial charge on any atom is -0.462 e. The van der Waals surface area contributed by atoms with Crippen molar-refractivity contribution < 1.29 is 47.5 Å². The monoisotopic (exact) mass is 828 g/mol. The fraction of sp³-hybridized carbons (Fsp3) is 0.844. The zero-order valence-electron chi connectivity index (χ0n) is 36.1. The molecule has 0 aromatic carbocycles. The first-order valence-corrected chi connectivity index (χ1v) is 23.1. The lowest BCUT2D eigenvalue weighted by atomic mass is 9.67. The highest BCUT2D eigenvalue weighted by molar-refractivity contribution is 7.11. The highest BCUT2D eigenvalue weighted by Gasteiger charge is 2.57. The van der Waals surface area contributed by atoms with Gasteiger partial charge < -0.3 is 37.9 Å². The van der Waals surface area contributed by atoms with E-state index in [9.17, 15) is 4.79 Å². The molecule has 13 heteroatoms. The Kier molecular flexibility index (Phi) is 13.2. The smallest absolute Gasteiger partial charge is 0.306 e. The maximum Gasteiger partial charge on any atom is 0.306 e. The molecule has 0 bridgehead atoms. The van der Waals surface area contributed by atoms with Crippen molar-refractivity contribution in [1.82, 2.24) is 9.88 Å². The van der Waals surface area contributed by atoms with Crippen LogP contribution in [0.3, 0.4) is 0 Å². The van der Waals surface area contributed by atoms with Gasteiger partial charge in [-0.2, -0.15) is 0 Å². The lowest BCUT2D eigenvalue weighted by molar-refractivity contribution is -0.314. The summed E-state index contributed by atoms with van der Waals surface area (Å²) in [6.07, 6.45) is 8.45. The van der Waals surface area contributed by atoms with E-state index >= 15 is 4.79 Å². The van der Waals surface area contributed by atoms with Crippen molar-refractivity contribution >= 4 is 23.1 Å². The van der Waals surface area contributed by atoms with Crippen LogP contribution in [0, 0.1) is 30.6 Å². The van der Waals surface area contributed by atoms with Gasteiger partial charge in [0.1, 0.15) is 24.4 Å². The predicted molar refractivity (Wildman–Crippen MR) is 218 cm³/mol. The number of Topliss-reactive ketones (excluding diaryl/α,β-unsaturated/α-hetero) is 1. The molecule has 17 atom stereocenters. The fourth-order valence-corrected chi connectivity index (χ4v) is 13.0. The number of rotatable bonds is 10. The molecule has 3 saturated heterocycles. The zero-order chi connectivity index (χ0) is 41.0. The molecule has 12 nitrogen and oxygen atoms in total. The van der Waals surface area contributed by atoms with Crippen LogP contribution in [0.2, 0.25) is 0 Å². The number of methoxy groups -OCH3 is 3. The van der Waals surface area contributed by atoms with Crippen molar-refractivity contribution in [1.29, 1.82) is 0 Å². The third kappa shape index (κ3) is 8.27. The van der Waals surface area contributed by atoms with Gasteiger partial charge in [0, 0.05) is 62.0 Å². The number of aryl methyl sites for hydroxylation is 1. The summed E-state index contributed by atoms with van der Waals surface area (Å²) in [6.45, 7) is 10.3. The summed E-state index contributed by atoms with van der Waals surface area (Å²) in [6, 6.07) is 1.05. The predicted octanol–water partition coefficient (Wildman–Crippen LogP) is 6.86. The normalized spacial score (nSPS) is 43.4. The molecule has 1 aromatic heterocycles. The Hall–Kier alpha value is -1.81. The van der Waals surface area contributed by atoms with Crippen LogP contribution < -0.4 is 0 Å². The Labute approximate surface area is 349 Å². The van der Waals surface area contributed by atoms with Gasteiger partial charge in [0.2, 0.25) is 0 Å². The minimum atomic E-state index is -0.626. The molecule has 4 aliphatic carbocycles. The number of cyclic esters (lactones) is 1. The molecule has 2 saturated carbocycles. The highest BCUT2D eigenvalue weighted by Crippen LogP contribution is 2.62. The van der Waals surface area contributed by atoms with Crippen LogP contribution in [0.1, 0.15) is 126 Å². The van der Waals surface area contributed by atoms with E-state index in [1.807, 2.05) is 13.8 Å². The highest BCUT2D eigenvalue weighted by atomic mass is 32.1. The molecule has 7 aliphatic rings. The summed E-state index contributed by atoms with van der Waals surface area (Å²) < 4.78 is 50.4. The first-order chi connectivity index (χ1) is 27.9. The standard InChI is InChI=1S/C45H68N2O10S/c1-10-27-12-11-13-35(57-37-17-16-34(23(3)53-37)47(6)26-14-15-26)22(2)40(49)32-20-30-29-18-28(56-45-43(52-9)42(51-8)41(50-7)24(4)54-45)19-33(29)44-39(46-25(5)58-44)38(30)31(32)21-36(48)55-27/h20,22-24,26-31,33-35,37-38,41-43,45H,10-19,21H2,1-9H3/t22-,23?,24?,27+,28+,29+,30+,31-,33-,34+,35+,37+,38-,41+,42?,43+,45+/m1/s1. The number of ether oxygens (including phenoxy) is 8. The second-order valence-corrected chi connectivity index (χ2v) is 19.7. The summed E-state index contributed by atoms with van der Waals surface area (Å²) in [5.74, 6) is -0.534. The van der Waals surface area contributed by atoms with E-state index in [4.69, 9.17) is 42.9 Å². The molecule has 58 heavy (non-hydrogen) atoms. The van der Waals surface area contributed by atoms with Crippen LogP contribution in [0.4, 0.5) is 0 Å². The molecule has 0 radical (unpaired) electrons. The number of hydrogen-bond donors (Lipinski definition) is 0. The summed E-state index contributed by atoms with van der Waals surface area (Å²) in [5.41, 5.74) is 1.78. The second kappa shape index (κ2) is 17.9. The molecule has 8 rings (SSSR count). The van der Waals surface area contributed by atoms with Crippen LogP contribution >= 0.6 is 11.3 Å². The number of ketones is 1.